The van der Waals surface area contributed by atoms with Crippen LogP contribution in [-0.2, 0) is 21.4 Å². The maximum absolute atomic E-state index is 12.0. The number of nitrogen functional groups attached to an aromatic ring is 1. The topological polar surface area (TPSA) is 89.7 Å². The Labute approximate surface area is 112 Å². The van der Waals surface area contributed by atoms with Gasteiger partial charge in [0.1, 0.15) is 5.75 Å². The summed E-state index contributed by atoms with van der Waals surface area (Å²) in [6.07, 6.45) is 0. The number of hydrogen-bond donors (Lipinski definition) is 1. The quantitative estimate of drug-likeness (QED) is 0.826. The van der Waals surface area contributed by atoms with Crippen LogP contribution in [0.3, 0.4) is 0 Å². The van der Waals surface area contributed by atoms with Crippen LogP contribution >= 0.6 is 0 Å². The molecule has 7 heteroatoms. The summed E-state index contributed by atoms with van der Waals surface area (Å²) in [5, 5.41) is 0. The van der Waals surface area contributed by atoms with Crippen LogP contribution in [0.25, 0.3) is 0 Å². The van der Waals surface area contributed by atoms with Crippen molar-refractivity contribution in [1.29, 1.82) is 0 Å². The first-order chi connectivity index (χ1) is 8.71. The van der Waals surface area contributed by atoms with Gasteiger partial charge in [-0.3, -0.25) is 4.79 Å². The molecule has 0 aromatic heterocycles. The molecule has 1 amide bonds. The van der Waals surface area contributed by atoms with Gasteiger partial charge in [-0.25, -0.2) is 12.7 Å². The minimum atomic E-state index is -3.60. The Balaban J connectivity index is 2.34. The fourth-order valence-corrected chi connectivity index (χ4v) is 3.50. The summed E-state index contributed by atoms with van der Waals surface area (Å²) < 4.78 is 28.6. The molecule has 19 heavy (non-hydrogen) atoms. The molecule has 0 spiro atoms. The maximum Gasteiger partial charge on any atom is 0.259 e. The van der Waals surface area contributed by atoms with Gasteiger partial charge in [-0.15, -0.1) is 0 Å². The predicted molar refractivity (Wildman–Crippen MR) is 71.0 cm³/mol. The van der Waals surface area contributed by atoms with E-state index < -0.39 is 20.7 Å². The lowest BCUT2D eigenvalue weighted by atomic mass is 10.1. The van der Waals surface area contributed by atoms with E-state index in [4.69, 9.17) is 10.5 Å². The molecule has 1 aromatic carbocycles. The molecule has 2 N–H and O–H groups in total. The Hall–Kier alpha value is -1.76. The van der Waals surface area contributed by atoms with Crippen LogP contribution in [-0.4, -0.2) is 30.5 Å². The number of sulfonamides is 1. The number of ether oxygens (including phenoxy) is 1. The van der Waals surface area contributed by atoms with Crippen molar-refractivity contribution in [2.45, 2.75) is 25.1 Å². The molecule has 0 atom stereocenters. The number of hydrogen-bond acceptors (Lipinski definition) is 5. The normalized spacial score (nSPS) is 19.9. The SMILES string of the molecule is COc1ccc(N)cc1CN1C(=O)C(C)(C)S1(=O)=O. The molecule has 6 nitrogen and oxygen atoms in total. The monoisotopic (exact) mass is 284 g/mol. The van der Waals surface area contributed by atoms with E-state index in [1.165, 1.54) is 21.0 Å². The van der Waals surface area contributed by atoms with Gasteiger partial charge in [-0.2, -0.15) is 0 Å². The molecule has 0 unspecified atom stereocenters. The molecular formula is C12H16N2O4S. The summed E-state index contributed by atoms with van der Waals surface area (Å²) >= 11 is 0. The first kappa shape index (κ1) is 13.7. The summed E-state index contributed by atoms with van der Waals surface area (Å²) in [6, 6.07) is 4.90. The van der Waals surface area contributed by atoms with Crippen LogP contribution in [0.5, 0.6) is 5.75 Å². The molecule has 0 radical (unpaired) electrons. The van der Waals surface area contributed by atoms with E-state index in [1.807, 2.05) is 0 Å². The van der Waals surface area contributed by atoms with E-state index in [2.05, 4.69) is 0 Å². The molecule has 1 aromatic rings. The van der Waals surface area contributed by atoms with Crippen molar-refractivity contribution in [2.24, 2.45) is 0 Å². The number of anilines is 1. The Bertz CT molecular complexity index is 637. The number of carbonyl (C=O) groups excluding carboxylic acids is 1. The van der Waals surface area contributed by atoms with Crippen molar-refractivity contribution in [1.82, 2.24) is 4.31 Å². The van der Waals surface area contributed by atoms with E-state index in [0.717, 1.165) is 4.31 Å². The van der Waals surface area contributed by atoms with Crippen LogP contribution in [0.15, 0.2) is 18.2 Å². The summed E-state index contributed by atoms with van der Waals surface area (Å²) in [4.78, 5) is 11.9. The lowest BCUT2D eigenvalue weighted by molar-refractivity contribution is -0.132. The van der Waals surface area contributed by atoms with Crippen LogP contribution < -0.4 is 10.5 Å². The lowest BCUT2D eigenvalue weighted by Crippen LogP contribution is -2.66. The Kier molecular flexibility index (Phi) is 2.97. The fraction of sp³-hybridized carbons (Fsp3) is 0.417. The van der Waals surface area contributed by atoms with Crippen LogP contribution in [0, 0.1) is 0 Å². The minimum absolute atomic E-state index is 0.0567. The third-order valence-corrected chi connectivity index (χ3v) is 5.63. The Morgan fingerprint density at radius 1 is 1.37 bits per heavy atom. The van der Waals surface area contributed by atoms with Crippen molar-refractivity contribution in [3.63, 3.8) is 0 Å². The second kappa shape index (κ2) is 4.12. The Morgan fingerprint density at radius 3 is 2.53 bits per heavy atom. The number of methoxy groups -OCH3 is 1. The lowest BCUT2D eigenvalue weighted by Gasteiger charge is -2.43. The van der Waals surface area contributed by atoms with Crippen molar-refractivity contribution < 1.29 is 17.9 Å². The second-order valence-electron chi connectivity index (χ2n) is 4.90. The van der Waals surface area contributed by atoms with Gasteiger partial charge in [0.2, 0.25) is 0 Å². The number of carbonyl (C=O) groups is 1. The van der Waals surface area contributed by atoms with Gasteiger partial charge in [-0.05, 0) is 32.0 Å². The number of amides is 1. The van der Waals surface area contributed by atoms with Crippen LogP contribution in [0.1, 0.15) is 19.4 Å². The van der Waals surface area contributed by atoms with Crippen molar-refractivity contribution >= 4 is 21.6 Å². The summed E-state index contributed by atoms with van der Waals surface area (Å²) in [5.74, 6) is 0.0823. The molecule has 104 valence electrons. The van der Waals surface area contributed by atoms with Gasteiger partial charge in [0.25, 0.3) is 15.9 Å². The van der Waals surface area contributed by atoms with Gasteiger partial charge >= 0.3 is 0 Å². The molecule has 0 bridgehead atoms. The standard InChI is InChI=1S/C12H16N2O4S/c1-12(2)11(15)14(19(12,16)17)7-8-6-9(13)4-5-10(8)18-3/h4-6H,7,13H2,1-3H3. The van der Waals surface area contributed by atoms with E-state index in [1.54, 1.807) is 18.2 Å². The van der Waals surface area contributed by atoms with E-state index in [0.29, 0.717) is 17.0 Å². The molecule has 1 saturated heterocycles. The zero-order valence-electron chi connectivity index (χ0n) is 11.0. The minimum Gasteiger partial charge on any atom is -0.496 e. The second-order valence-corrected chi connectivity index (χ2v) is 7.31. The molecule has 1 heterocycles. The van der Waals surface area contributed by atoms with Crippen molar-refractivity contribution in [2.75, 3.05) is 12.8 Å². The zero-order valence-corrected chi connectivity index (χ0v) is 11.8. The highest BCUT2D eigenvalue weighted by Gasteiger charge is 2.60. The van der Waals surface area contributed by atoms with Gasteiger partial charge in [0, 0.05) is 11.3 Å². The number of rotatable bonds is 3. The van der Waals surface area contributed by atoms with Crippen molar-refractivity contribution in [3.8, 4) is 5.75 Å². The summed E-state index contributed by atoms with van der Waals surface area (Å²) in [6.45, 7) is 2.74. The average molecular weight is 284 g/mol. The van der Waals surface area contributed by atoms with Crippen LogP contribution in [0.4, 0.5) is 5.69 Å². The highest BCUT2D eigenvalue weighted by molar-refractivity contribution is 7.94. The van der Waals surface area contributed by atoms with Gasteiger partial charge in [0.15, 0.2) is 4.75 Å². The third-order valence-electron chi connectivity index (χ3n) is 3.29. The smallest absolute Gasteiger partial charge is 0.259 e. The number of nitrogens with zero attached hydrogens (tertiary/aromatic N) is 1. The van der Waals surface area contributed by atoms with Crippen molar-refractivity contribution in [3.05, 3.63) is 23.8 Å². The molecule has 0 aliphatic carbocycles. The fourth-order valence-electron chi connectivity index (χ4n) is 1.99. The molecule has 0 saturated carbocycles. The van der Waals surface area contributed by atoms with Gasteiger partial charge < -0.3 is 10.5 Å². The first-order valence-electron chi connectivity index (χ1n) is 5.71. The summed E-state index contributed by atoms with van der Waals surface area (Å²) in [7, 11) is -2.12. The predicted octanol–water partition coefficient (Wildman–Crippen LogP) is 0.728. The van der Waals surface area contributed by atoms with E-state index in [-0.39, 0.29) is 6.54 Å². The highest BCUT2D eigenvalue weighted by atomic mass is 32.2. The first-order valence-corrected chi connectivity index (χ1v) is 7.15. The number of nitrogens with two attached hydrogens (primary N) is 1. The van der Waals surface area contributed by atoms with Gasteiger partial charge in [0.05, 0.1) is 13.7 Å². The highest BCUT2D eigenvalue weighted by Crippen LogP contribution is 2.37. The van der Waals surface area contributed by atoms with E-state index in [9.17, 15) is 13.2 Å². The van der Waals surface area contributed by atoms with E-state index >= 15 is 0 Å². The zero-order chi connectivity index (χ0) is 14.4. The molecule has 1 aliphatic heterocycles. The maximum atomic E-state index is 12.0. The molecule has 1 fully saturated rings. The molecule has 2 rings (SSSR count). The van der Waals surface area contributed by atoms with Crippen LogP contribution in [0.2, 0.25) is 0 Å². The molecular weight excluding hydrogens is 268 g/mol. The Morgan fingerprint density at radius 2 is 2.00 bits per heavy atom. The van der Waals surface area contributed by atoms with Gasteiger partial charge in [-0.1, -0.05) is 0 Å². The number of benzene rings is 1. The third kappa shape index (κ3) is 1.85. The molecule has 1 aliphatic rings. The average Bonchev–Trinajstić information content (AvgIpc) is 2.35. The summed E-state index contributed by atoms with van der Waals surface area (Å²) in [5.41, 5.74) is 6.72. The largest absolute Gasteiger partial charge is 0.496 e.